The molecule has 2 rings (SSSR count). The molecule has 0 bridgehead atoms. The molecule has 0 aromatic carbocycles. The minimum Gasteiger partial charge on any atom is -0.351 e. The van der Waals surface area contributed by atoms with Crippen molar-refractivity contribution in [3.05, 3.63) is 15.6 Å². The van der Waals surface area contributed by atoms with Gasteiger partial charge in [-0.1, -0.05) is 0 Å². The molecule has 1 amide bonds. The second-order valence-corrected chi connectivity index (χ2v) is 6.40. The summed E-state index contributed by atoms with van der Waals surface area (Å²) in [7, 11) is 1.71. The Morgan fingerprint density at radius 3 is 2.62 bits per heavy atom. The van der Waals surface area contributed by atoms with Crippen LogP contribution in [-0.4, -0.2) is 48.4 Å². The minimum atomic E-state index is 0.139. The molecule has 1 saturated heterocycles. The lowest BCUT2D eigenvalue weighted by Gasteiger charge is -2.17. The number of nitrogens with one attached hydrogen (secondary N) is 2. The third-order valence-electron chi connectivity index (χ3n) is 3.51. The summed E-state index contributed by atoms with van der Waals surface area (Å²) in [5.74, 6) is 0.785. The van der Waals surface area contributed by atoms with Crippen LogP contribution in [0.25, 0.3) is 0 Å². The van der Waals surface area contributed by atoms with Gasteiger partial charge in [0.2, 0.25) is 5.91 Å². The summed E-state index contributed by atoms with van der Waals surface area (Å²) in [4.78, 5) is 23.6. The van der Waals surface area contributed by atoms with E-state index in [0.29, 0.717) is 19.0 Å². The number of carbonyl (C=O) groups excluding carboxylic acids is 1. The zero-order valence-electron chi connectivity index (χ0n) is 12.9. The van der Waals surface area contributed by atoms with Gasteiger partial charge in [-0.15, -0.1) is 11.3 Å². The zero-order valence-corrected chi connectivity index (χ0v) is 13.7. The lowest BCUT2D eigenvalue weighted by Crippen LogP contribution is -2.43. The molecule has 1 aliphatic heterocycles. The maximum absolute atomic E-state index is 12.0. The molecule has 0 radical (unpaired) electrons. The van der Waals surface area contributed by atoms with Crippen molar-refractivity contribution in [2.24, 2.45) is 4.99 Å². The molecule has 6 nitrogen and oxygen atoms in total. The average Bonchev–Trinajstić information content (AvgIpc) is 3.09. The van der Waals surface area contributed by atoms with E-state index in [-0.39, 0.29) is 5.91 Å². The van der Waals surface area contributed by atoms with Gasteiger partial charge in [0.1, 0.15) is 0 Å². The summed E-state index contributed by atoms with van der Waals surface area (Å²) < 4.78 is 0. The van der Waals surface area contributed by atoms with Gasteiger partial charge in [0.25, 0.3) is 0 Å². The summed E-state index contributed by atoms with van der Waals surface area (Å²) in [6.07, 6.45) is 2.23. The maximum atomic E-state index is 12.0. The molecule has 0 saturated carbocycles. The van der Waals surface area contributed by atoms with E-state index in [1.807, 2.05) is 18.7 Å². The van der Waals surface area contributed by atoms with Gasteiger partial charge in [0.05, 0.1) is 23.8 Å². The topological polar surface area (TPSA) is 69.6 Å². The molecule has 1 aliphatic rings. The van der Waals surface area contributed by atoms with Gasteiger partial charge in [0.15, 0.2) is 5.96 Å². The Kier molecular flexibility index (Phi) is 5.55. The first-order chi connectivity index (χ1) is 10.1. The number of aromatic nitrogens is 1. The lowest BCUT2D eigenvalue weighted by molar-refractivity contribution is -0.128. The molecule has 0 atom stereocenters. The molecule has 1 aromatic rings. The Morgan fingerprint density at radius 1 is 1.33 bits per heavy atom. The third-order valence-corrected chi connectivity index (χ3v) is 4.58. The molecular formula is C14H23N5OS. The molecule has 1 fully saturated rings. The van der Waals surface area contributed by atoms with Crippen LogP contribution in [0.3, 0.4) is 0 Å². The van der Waals surface area contributed by atoms with E-state index >= 15 is 0 Å². The number of amides is 1. The van der Waals surface area contributed by atoms with Gasteiger partial charge in [-0.25, -0.2) is 4.98 Å². The summed E-state index contributed by atoms with van der Waals surface area (Å²) in [6.45, 7) is 6.74. The van der Waals surface area contributed by atoms with E-state index in [1.165, 1.54) is 4.88 Å². The highest BCUT2D eigenvalue weighted by molar-refractivity contribution is 7.11. The van der Waals surface area contributed by atoms with Crippen LogP contribution in [0.15, 0.2) is 4.99 Å². The summed E-state index contributed by atoms with van der Waals surface area (Å²) in [5, 5.41) is 7.37. The van der Waals surface area contributed by atoms with Crippen LogP contribution < -0.4 is 10.6 Å². The highest BCUT2D eigenvalue weighted by atomic mass is 32.1. The molecule has 116 valence electrons. The van der Waals surface area contributed by atoms with Crippen molar-refractivity contribution >= 4 is 23.2 Å². The van der Waals surface area contributed by atoms with Gasteiger partial charge < -0.3 is 15.5 Å². The fourth-order valence-corrected chi connectivity index (χ4v) is 3.24. The van der Waals surface area contributed by atoms with Crippen molar-refractivity contribution in [3.8, 4) is 0 Å². The zero-order chi connectivity index (χ0) is 15.2. The van der Waals surface area contributed by atoms with E-state index in [1.54, 1.807) is 18.4 Å². The van der Waals surface area contributed by atoms with Gasteiger partial charge in [0, 0.05) is 25.0 Å². The van der Waals surface area contributed by atoms with Crippen molar-refractivity contribution in [1.82, 2.24) is 20.5 Å². The van der Waals surface area contributed by atoms with Crippen LogP contribution in [0.4, 0.5) is 0 Å². The van der Waals surface area contributed by atoms with E-state index in [2.05, 4.69) is 20.6 Å². The van der Waals surface area contributed by atoms with Crippen molar-refractivity contribution in [2.45, 2.75) is 33.2 Å². The van der Waals surface area contributed by atoms with E-state index in [9.17, 15) is 4.79 Å². The molecule has 7 heteroatoms. The van der Waals surface area contributed by atoms with Crippen LogP contribution in [0.1, 0.15) is 28.4 Å². The minimum absolute atomic E-state index is 0.139. The first-order valence-corrected chi connectivity index (χ1v) is 8.07. The summed E-state index contributed by atoms with van der Waals surface area (Å²) in [6, 6.07) is 0. The van der Waals surface area contributed by atoms with E-state index < -0.39 is 0 Å². The largest absolute Gasteiger partial charge is 0.351 e. The van der Waals surface area contributed by atoms with Crippen LogP contribution >= 0.6 is 11.3 Å². The van der Waals surface area contributed by atoms with E-state index in [0.717, 1.165) is 36.6 Å². The predicted octanol–water partition coefficient (Wildman–Crippen LogP) is 1.05. The van der Waals surface area contributed by atoms with Crippen LogP contribution in [0.2, 0.25) is 0 Å². The quantitative estimate of drug-likeness (QED) is 0.644. The Morgan fingerprint density at radius 2 is 2.05 bits per heavy atom. The molecule has 0 aliphatic carbocycles. The Balaban J connectivity index is 1.78. The Labute approximate surface area is 129 Å². The van der Waals surface area contributed by atoms with Gasteiger partial charge in [-0.3, -0.25) is 9.79 Å². The molecule has 2 heterocycles. The Bertz CT molecular complexity index is 519. The van der Waals surface area contributed by atoms with Crippen LogP contribution in [0, 0.1) is 13.8 Å². The second-order valence-electron chi connectivity index (χ2n) is 5.11. The fourth-order valence-electron chi connectivity index (χ4n) is 2.36. The van der Waals surface area contributed by atoms with E-state index in [4.69, 9.17) is 0 Å². The Hall–Kier alpha value is -1.63. The normalized spacial score (nSPS) is 15.4. The van der Waals surface area contributed by atoms with Crippen molar-refractivity contribution < 1.29 is 4.79 Å². The number of aryl methyl sites for hydroxylation is 2. The lowest BCUT2D eigenvalue weighted by atomic mass is 10.4. The third kappa shape index (κ3) is 4.42. The second kappa shape index (κ2) is 7.40. The highest BCUT2D eigenvalue weighted by Crippen LogP contribution is 2.16. The highest BCUT2D eigenvalue weighted by Gasteiger charge is 2.17. The number of carbonyl (C=O) groups is 1. The first kappa shape index (κ1) is 15.8. The molecule has 0 unspecified atom stereocenters. The number of guanidine groups is 1. The smallest absolute Gasteiger partial charge is 0.241 e. The SMILES string of the molecule is CN=C(NCC(=O)N1CCCC1)NCc1sc(C)nc1C. The van der Waals surface area contributed by atoms with Crippen LogP contribution in [0.5, 0.6) is 0 Å². The van der Waals surface area contributed by atoms with Crippen LogP contribution in [-0.2, 0) is 11.3 Å². The number of thiazole rings is 1. The number of hydrogen-bond acceptors (Lipinski definition) is 4. The van der Waals surface area contributed by atoms with Gasteiger partial charge in [-0.05, 0) is 26.7 Å². The van der Waals surface area contributed by atoms with Crippen molar-refractivity contribution in [2.75, 3.05) is 26.7 Å². The maximum Gasteiger partial charge on any atom is 0.241 e. The molecule has 1 aromatic heterocycles. The first-order valence-electron chi connectivity index (χ1n) is 7.25. The van der Waals surface area contributed by atoms with Gasteiger partial charge in [-0.2, -0.15) is 0 Å². The fraction of sp³-hybridized carbons (Fsp3) is 0.643. The summed E-state index contributed by atoms with van der Waals surface area (Å²) in [5.41, 5.74) is 1.05. The van der Waals surface area contributed by atoms with Crippen molar-refractivity contribution in [1.29, 1.82) is 0 Å². The molecule has 21 heavy (non-hydrogen) atoms. The number of rotatable bonds is 4. The van der Waals surface area contributed by atoms with Crippen molar-refractivity contribution in [3.63, 3.8) is 0 Å². The predicted molar refractivity (Wildman–Crippen MR) is 85.6 cm³/mol. The van der Waals surface area contributed by atoms with Gasteiger partial charge >= 0.3 is 0 Å². The molecule has 2 N–H and O–H groups in total. The number of likely N-dealkylation sites (tertiary alicyclic amines) is 1. The molecular weight excluding hydrogens is 286 g/mol. The number of hydrogen-bond donors (Lipinski definition) is 2. The average molecular weight is 309 g/mol. The summed E-state index contributed by atoms with van der Waals surface area (Å²) >= 11 is 1.68. The molecule has 0 spiro atoms. The monoisotopic (exact) mass is 309 g/mol. The number of aliphatic imine (C=N–C) groups is 1. The number of nitrogens with zero attached hydrogens (tertiary/aromatic N) is 3. The standard InChI is InChI=1S/C14H23N5OS/c1-10-12(21-11(2)18-10)8-16-14(15-3)17-9-13(20)19-6-4-5-7-19/h4-9H2,1-3H3,(H2,15,16,17).